The molecule has 0 saturated heterocycles. The Balaban J connectivity index is 2.64. The number of rotatable bonds is 7. The molecule has 0 heterocycles. The lowest BCUT2D eigenvalue weighted by atomic mass is 10.0. The van der Waals surface area contributed by atoms with Gasteiger partial charge in [0.1, 0.15) is 6.42 Å². The Morgan fingerprint density at radius 1 is 1.48 bits per heavy atom. The van der Waals surface area contributed by atoms with Crippen LogP contribution in [0, 0.1) is 18.3 Å². The van der Waals surface area contributed by atoms with Gasteiger partial charge in [-0.15, -0.1) is 0 Å². The van der Waals surface area contributed by atoms with Gasteiger partial charge in [0.25, 0.3) is 0 Å². The zero-order chi connectivity index (χ0) is 15.7. The average molecular weight is 280 g/mol. The average Bonchev–Trinajstić information content (AvgIpc) is 2.44. The molecule has 0 fully saturated rings. The van der Waals surface area contributed by atoms with Crippen LogP contribution >= 0.6 is 0 Å². The summed E-state index contributed by atoms with van der Waals surface area (Å²) >= 11 is 0. The molecule has 0 saturated carbocycles. The Kier molecular flexibility index (Phi) is 6.70. The molecule has 1 aromatic carbocycles. The Labute approximate surface area is 126 Å². The van der Waals surface area contributed by atoms with E-state index < -0.39 is 0 Å². The van der Waals surface area contributed by atoms with Crippen LogP contribution in [-0.4, -0.2) is 5.91 Å². The third kappa shape index (κ3) is 5.92. The van der Waals surface area contributed by atoms with Gasteiger partial charge in [0, 0.05) is 5.69 Å². The predicted molar refractivity (Wildman–Crippen MR) is 86.8 cm³/mol. The van der Waals surface area contributed by atoms with E-state index in [4.69, 9.17) is 5.26 Å². The maximum Gasteiger partial charge on any atom is 0.238 e. The van der Waals surface area contributed by atoms with Gasteiger partial charge in [-0.2, -0.15) is 5.26 Å². The number of hydrogen-bond donors (Lipinski definition) is 1. The molecule has 0 spiro atoms. The minimum atomic E-state index is -0.285. The standard InChI is InChI=1S/C18H20N2O/c1-4-5-6-14(2)7-8-16-9-10-17(13-15(16)3)20-18(21)11-12-19/h4-6,9-10,13H,1-2,7-8,11H2,3H3,(H,20,21)/b6-5-. The highest BCUT2D eigenvalue weighted by molar-refractivity contribution is 5.92. The lowest BCUT2D eigenvalue weighted by molar-refractivity contribution is -0.115. The van der Waals surface area contributed by atoms with Crippen LogP contribution in [0.4, 0.5) is 5.69 Å². The SMILES string of the molecule is C=C/C=C\C(=C)CCc1ccc(NC(=O)CC#N)cc1C. The molecule has 21 heavy (non-hydrogen) atoms. The molecule has 1 amide bonds. The monoisotopic (exact) mass is 280 g/mol. The molecular formula is C18H20N2O. The number of nitrogens with zero attached hydrogens (tertiary/aromatic N) is 1. The number of amides is 1. The number of carbonyl (C=O) groups is 1. The molecule has 0 bridgehead atoms. The molecule has 1 rings (SSSR count). The zero-order valence-electron chi connectivity index (χ0n) is 12.4. The van der Waals surface area contributed by atoms with E-state index in [1.54, 1.807) is 6.08 Å². The van der Waals surface area contributed by atoms with E-state index >= 15 is 0 Å². The van der Waals surface area contributed by atoms with Gasteiger partial charge >= 0.3 is 0 Å². The van der Waals surface area contributed by atoms with Crippen LogP contribution in [0.15, 0.2) is 55.2 Å². The molecule has 1 aromatic rings. The Hall–Kier alpha value is -2.60. The van der Waals surface area contributed by atoms with Crippen LogP contribution in [0.3, 0.4) is 0 Å². The summed E-state index contributed by atoms with van der Waals surface area (Å²) in [7, 11) is 0. The van der Waals surface area contributed by atoms with Gasteiger partial charge in [-0.25, -0.2) is 0 Å². The summed E-state index contributed by atoms with van der Waals surface area (Å²) in [6, 6.07) is 7.61. The molecule has 0 aliphatic carbocycles. The fourth-order valence-corrected chi connectivity index (χ4v) is 1.91. The zero-order valence-corrected chi connectivity index (χ0v) is 12.4. The third-order valence-corrected chi connectivity index (χ3v) is 3.05. The first-order valence-electron chi connectivity index (χ1n) is 6.80. The number of carbonyl (C=O) groups excluding carboxylic acids is 1. The molecule has 0 aromatic heterocycles. The molecule has 0 aliphatic rings. The van der Waals surface area contributed by atoms with Crippen molar-refractivity contribution in [2.45, 2.75) is 26.2 Å². The van der Waals surface area contributed by atoms with Gasteiger partial charge in [-0.1, -0.05) is 43.0 Å². The van der Waals surface area contributed by atoms with Crippen LogP contribution in [-0.2, 0) is 11.2 Å². The second-order valence-corrected chi connectivity index (χ2v) is 4.78. The number of nitriles is 1. The van der Waals surface area contributed by atoms with Gasteiger partial charge in [0.2, 0.25) is 5.91 Å². The van der Waals surface area contributed by atoms with Crippen molar-refractivity contribution in [1.82, 2.24) is 0 Å². The highest BCUT2D eigenvalue weighted by Gasteiger charge is 2.04. The van der Waals surface area contributed by atoms with Crippen molar-refractivity contribution in [3.05, 3.63) is 66.3 Å². The van der Waals surface area contributed by atoms with E-state index in [1.807, 2.05) is 43.3 Å². The van der Waals surface area contributed by atoms with Crippen molar-refractivity contribution >= 4 is 11.6 Å². The minimum Gasteiger partial charge on any atom is -0.325 e. The van der Waals surface area contributed by atoms with E-state index in [9.17, 15) is 4.79 Å². The van der Waals surface area contributed by atoms with E-state index in [0.29, 0.717) is 0 Å². The van der Waals surface area contributed by atoms with Gasteiger partial charge in [-0.05, 0) is 43.0 Å². The summed E-state index contributed by atoms with van der Waals surface area (Å²) in [5.41, 5.74) is 4.12. The number of nitrogens with one attached hydrogen (secondary N) is 1. The number of aryl methyl sites for hydroxylation is 2. The molecule has 3 heteroatoms. The molecule has 0 unspecified atom stereocenters. The number of allylic oxidation sites excluding steroid dienone is 4. The summed E-state index contributed by atoms with van der Waals surface area (Å²) < 4.78 is 0. The topological polar surface area (TPSA) is 52.9 Å². The van der Waals surface area contributed by atoms with Crippen molar-refractivity contribution in [3.8, 4) is 6.07 Å². The smallest absolute Gasteiger partial charge is 0.238 e. The van der Waals surface area contributed by atoms with Crippen LogP contribution < -0.4 is 5.32 Å². The summed E-state index contributed by atoms with van der Waals surface area (Å²) in [4.78, 5) is 11.4. The molecule has 0 radical (unpaired) electrons. The normalized spacial score (nSPS) is 10.1. The second-order valence-electron chi connectivity index (χ2n) is 4.78. The molecule has 1 N–H and O–H groups in total. The molecule has 3 nitrogen and oxygen atoms in total. The summed E-state index contributed by atoms with van der Waals surface area (Å²) in [6.07, 6.45) is 7.22. The van der Waals surface area contributed by atoms with Crippen LogP contribution in [0.1, 0.15) is 24.0 Å². The maximum absolute atomic E-state index is 11.4. The van der Waals surface area contributed by atoms with Gasteiger partial charge < -0.3 is 5.32 Å². The Morgan fingerprint density at radius 3 is 2.86 bits per heavy atom. The largest absolute Gasteiger partial charge is 0.325 e. The fraction of sp³-hybridized carbons (Fsp3) is 0.222. The third-order valence-electron chi connectivity index (χ3n) is 3.05. The van der Waals surface area contributed by atoms with Crippen molar-refractivity contribution in [2.75, 3.05) is 5.32 Å². The summed E-state index contributed by atoms with van der Waals surface area (Å²) in [5.74, 6) is -0.285. The summed E-state index contributed by atoms with van der Waals surface area (Å²) in [6.45, 7) is 9.63. The van der Waals surface area contributed by atoms with E-state index in [2.05, 4.69) is 18.5 Å². The fourth-order valence-electron chi connectivity index (χ4n) is 1.91. The summed E-state index contributed by atoms with van der Waals surface area (Å²) in [5, 5.41) is 11.2. The van der Waals surface area contributed by atoms with Crippen molar-refractivity contribution < 1.29 is 4.79 Å². The molecule has 108 valence electrons. The quantitative estimate of drug-likeness (QED) is 0.765. The van der Waals surface area contributed by atoms with Gasteiger partial charge in [-0.3, -0.25) is 4.79 Å². The van der Waals surface area contributed by atoms with Crippen molar-refractivity contribution in [2.24, 2.45) is 0 Å². The van der Waals surface area contributed by atoms with E-state index in [1.165, 1.54) is 5.56 Å². The van der Waals surface area contributed by atoms with Crippen LogP contribution in [0.5, 0.6) is 0 Å². The van der Waals surface area contributed by atoms with Gasteiger partial charge in [0.05, 0.1) is 6.07 Å². The van der Waals surface area contributed by atoms with Crippen molar-refractivity contribution in [1.29, 1.82) is 5.26 Å². The first-order valence-corrected chi connectivity index (χ1v) is 6.80. The van der Waals surface area contributed by atoms with Crippen LogP contribution in [0.2, 0.25) is 0 Å². The van der Waals surface area contributed by atoms with Crippen LogP contribution in [0.25, 0.3) is 0 Å². The van der Waals surface area contributed by atoms with Gasteiger partial charge in [0.15, 0.2) is 0 Å². The van der Waals surface area contributed by atoms with Crippen molar-refractivity contribution in [3.63, 3.8) is 0 Å². The number of benzene rings is 1. The second kappa shape index (κ2) is 8.55. The Morgan fingerprint density at radius 2 is 2.24 bits per heavy atom. The van der Waals surface area contributed by atoms with E-state index in [-0.39, 0.29) is 12.3 Å². The number of anilines is 1. The first-order chi connectivity index (χ1) is 10.1. The minimum absolute atomic E-state index is 0.129. The lowest BCUT2D eigenvalue weighted by Crippen LogP contribution is -2.10. The highest BCUT2D eigenvalue weighted by Crippen LogP contribution is 2.18. The molecule has 0 aliphatic heterocycles. The predicted octanol–water partition coefficient (Wildman–Crippen LogP) is 4.08. The molecular weight excluding hydrogens is 260 g/mol. The highest BCUT2D eigenvalue weighted by atomic mass is 16.1. The lowest BCUT2D eigenvalue weighted by Gasteiger charge is -2.09. The Bertz CT molecular complexity index is 606. The van der Waals surface area contributed by atoms with E-state index in [0.717, 1.165) is 29.7 Å². The number of hydrogen-bond acceptors (Lipinski definition) is 2. The maximum atomic E-state index is 11.4. The first kappa shape index (κ1) is 16.5. The molecule has 0 atom stereocenters.